The number of rotatable bonds is 6. The lowest BCUT2D eigenvalue weighted by Gasteiger charge is -2.33. The molecule has 0 N–H and O–H groups in total. The fourth-order valence-electron chi connectivity index (χ4n) is 3.75. The van der Waals surface area contributed by atoms with Crippen molar-refractivity contribution in [2.24, 2.45) is 0 Å². The molecule has 4 rings (SSSR count). The molecule has 1 unspecified atom stereocenters. The van der Waals surface area contributed by atoms with Crippen LogP contribution in [0.5, 0.6) is 0 Å². The Morgan fingerprint density at radius 1 is 1.28 bits per heavy atom. The molecule has 0 aliphatic carbocycles. The molecule has 2 aromatic heterocycles. The summed E-state index contributed by atoms with van der Waals surface area (Å²) in [5, 5.41) is 0.453. The number of carbonyl (C=O) groups is 2. The fraction of sp³-hybridized carbons (Fsp3) is 0.304. The number of hydrogen-bond donors (Lipinski definition) is 0. The first-order chi connectivity index (χ1) is 15.5. The smallest absolute Gasteiger partial charge is 0.316 e. The van der Waals surface area contributed by atoms with Gasteiger partial charge in [0.1, 0.15) is 12.1 Å². The Bertz CT molecular complexity index is 1090. The Balaban J connectivity index is 1.64. The van der Waals surface area contributed by atoms with Gasteiger partial charge in [0, 0.05) is 30.8 Å². The third-order valence-corrected chi connectivity index (χ3v) is 6.20. The summed E-state index contributed by atoms with van der Waals surface area (Å²) in [6.07, 6.45) is 6.30. The van der Waals surface area contributed by atoms with Crippen LogP contribution in [0.4, 0.5) is 4.39 Å². The van der Waals surface area contributed by atoms with Gasteiger partial charge in [-0.3, -0.25) is 9.59 Å². The highest BCUT2D eigenvalue weighted by molar-refractivity contribution is 7.99. The number of nitrogens with zero attached hydrogens (tertiary/aromatic N) is 3. The van der Waals surface area contributed by atoms with E-state index in [1.807, 2.05) is 0 Å². The Morgan fingerprint density at radius 2 is 2.09 bits per heavy atom. The van der Waals surface area contributed by atoms with Crippen molar-refractivity contribution in [2.45, 2.75) is 23.9 Å². The third-order valence-electron chi connectivity index (χ3n) is 5.36. The Kier molecular flexibility index (Phi) is 6.84. The minimum Gasteiger partial charge on any atom is -0.472 e. The van der Waals surface area contributed by atoms with Gasteiger partial charge in [-0.15, -0.1) is 0 Å². The lowest BCUT2D eigenvalue weighted by Crippen LogP contribution is -2.39. The number of piperidine rings is 1. The summed E-state index contributed by atoms with van der Waals surface area (Å²) in [5.41, 5.74) is 2.88. The topological polar surface area (TPSA) is 85.5 Å². The largest absolute Gasteiger partial charge is 0.472 e. The zero-order valence-corrected chi connectivity index (χ0v) is 18.3. The SMILES string of the molecule is COC(=O)CSc1ncc(-c2ccc(F)cc2)c(C2CCCN(C(=O)c3ccoc3)C2)n1. The number of esters is 1. The van der Waals surface area contributed by atoms with E-state index < -0.39 is 0 Å². The average molecular weight is 456 g/mol. The van der Waals surface area contributed by atoms with E-state index in [1.165, 1.54) is 43.5 Å². The maximum Gasteiger partial charge on any atom is 0.316 e. The van der Waals surface area contributed by atoms with Gasteiger partial charge in [-0.25, -0.2) is 14.4 Å². The van der Waals surface area contributed by atoms with Crippen LogP contribution in [0.25, 0.3) is 11.1 Å². The molecule has 0 saturated carbocycles. The molecule has 1 amide bonds. The second-order valence-corrected chi connectivity index (χ2v) is 8.37. The number of methoxy groups -OCH3 is 1. The quantitative estimate of drug-likeness (QED) is 0.313. The van der Waals surface area contributed by atoms with E-state index >= 15 is 0 Å². The van der Waals surface area contributed by atoms with Crippen molar-refractivity contribution in [3.63, 3.8) is 0 Å². The molecule has 7 nitrogen and oxygen atoms in total. The van der Waals surface area contributed by atoms with Crippen LogP contribution < -0.4 is 0 Å². The Morgan fingerprint density at radius 3 is 2.81 bits per heavy atom. The van der Waals surface area contributed by atoms with Crippen molar-refractivity contribution < 1.29 is 23.1 Å². The molecular formula is C23H22FN3O4S. The van der Waals surface area contributed by atoms with Gasteiger partial charge < -0.3 is 14.1 Å². The second-order valence-electron chi connectivity index (χ2n) is 7.43. The van der Waals surface area contributed by atoms with E-state index in [9.17, 15) is 14.0 Å². The van der Waals surface area contributed by atoms with Crippen molar-refractivity contribution >= 4 is 23.6 Å². The van der Waals surface area contributed by atoms with Crippen LogP contribution in [0.15, 0.2) is 58.6 Å². The molecule has 166 valence electrons. The summed E-state index contributed by atoms with van der Waals surface area (Å²) < 4.78 is 23.2. The van der Waals surface area contributed by atoms with Gasteiger partial charge in [0.25, 0.3) is 5.91 Å². The normalized spacial score (nSPS) is 16.1. The highest BCUT2D eigenvalue weighted by Crippen LogP contribution is 2.34. The van der Waals surface area contributed by atoms with Crippen molar-refractivity contribution in [3.05, 3.63) is 66.1 Å². The summed E-state index contributed by atoms with van der Waals surface area (Å²) in [5.74, 6) is -0.698. The number of benzene rings is 1. The van der Waals surface area contributed by atoms with E-state index in [4.69, 9.17) is 14.1 Å². The molecule has 0 spiro atoms. The van der Waals surface area contributed by atoms with Gasteiger partial charge in [-0.1, -0.05) is 23.9 Å². The lowest BCUT2D eigenvalue weighted by atomic mass is 9.89. The molecule has 1 saturated heterocycles. The first kappa shape index (κ1) is 22.0. The lowest BCUT2D eigenvalue weighted by molar-refractivity contribution is -0.137. The molecule has 32 heavy (non-hydrogen) atoms. The monoisotopic (exact) mass is 455 g/mol. The van der Waals surface area contributed by atoms with Crippen molar-refractivity contribution in [1.82, 2.24) is 14.9 Å². The van der Waals surface area contributed by atoms with Crippen LogP contribution in [0.2, 0.25) is 0 Å². The zero-order valence-electron chi connectivity index (χ0n) is 17.5. The van der Waals surface area contributed by atoms with Crippen LogP contribution in [-0.4, -0.2) is 52.7 Å². The van der Waals surface area contributed by atoms with Crippen molar-refractivity contribution in [3.8, 4) is 11.1 Å². The van der Waals surface area contributed by atoms with Gasteiger partial charge >= 0.3 is 5.97 Å². The van der Waals surface area contributed by atoms with Gasteiger partial charge in [0.05, 0.1) is 30.4 Å². The molecule has 9 heteroatoms. The van der Waals surface area contributed by atoms with Crippen LogP contribution in [0.3, 0.4) is 0 Å². The second kappa shape index (κ2) is 9.95. The summed E-state index contributed by atoms with van der Waals surface area (Å²) in [7, 11) is 1.33. The number of hydrogen-bond acceptors (Lipinski definition) is 7. The first-order valence-electron chi connectivity index (χ1n) is 10.2. The van der Waals surface area contributed by atoms with Crippen LogP contribution in [-0.2, 0) is 9.53 Å². The number of likely N-dealkylation sites (tertiary alicyclic amines) is 1. The van der Waals surface area contributed by atoms with E-state index in [0.717, 1.165) is 29.7 Å². The minimum atomic E-state index is -0.364. The number of thioether (sulfide) groups is 1. The highest BCUT2D eigenvalue weighted by Gasteiger charge is 2.29. The highest BCUT2D eigenvalue weighted by atomic mass is 32.2. The molecular weight excluding hydrogens is 433 g/mol. The number of amides is 1. The molecule has 3 heterocycles. The van der Waals surface area contributed by atoms with E-state index in [0.29, 0.717) is 23.8 Å². The number of ether oxygens (including phenoxy) is 1. The van der Waals surface area contributed by atoms with Crippen molar-refractivity contribution in [1.29, 1.82) is 0 Å². The van der Waals surface area contributed by atoms with Crippen LogP contribution in [0.1, 0.15) is 34.8 Å². The predicted molar refractivity (Wildman–Crippen MR) is 117 cm³/mol. The number of carbonyl (C=O) groups excluding carboxylic acids is 2. The van der Waals surface area contributed by atoms with E-state index in [-0.39, 0.29) is 29.4 Å². The summed E-state index contributed by atoms with van der Waals surface area (Å²) >= 11 is 1.19. The Hall–Kier alpha value is -3.20. The maximum atomic E-state index is 13.5. The molecule has 0 bridgehead atoms. The first-order valence-corrected chi connectivity index (χ1v) is 11.2. The predicted octanol–water partition coefficient (Wildman–Crippen LogP) is 4.16. The number of furan rings is 1. The van der Waals surface area contributed by atoms with Gasteiger partial charge in [0.2, 0.25) is 0 Å². The van der Waals surface area contributed by atoms with Gasteiger partial charge in [-0.05, 0) is 36.6 Å². The molecule has 3 aromatic rings. The number of halogens is 1. The maximum absolute atomic E-state index is 13.5. The van der Waals surface area contributed by atoms with Crippen LogP contribution in [0, 0.1) is 5.82 Å². The molecule has 1 aromatic carbocycles. The summed E-state index contributed by atoms with van der Waals surface area (Å²) in [4.78, 5) is 35.3. The Labute approximate surface area is 189 Å². The molecule has 1 fully saturated rings. The van der Waals surface area contributed by atoms with Gasteiger partial charge in [-0.2, -0.15) is 0 Å². The average Bonchev–Trinajstić information content (AvgIpc) is 3.37. The van der Waals surface area contributed by atoms with E-state index in [1.54, 1.807) is 29.3 Å². The zero-order chi connectivity index (χ0) is 22.5. The summed E-state index contributed by atoms with van der Waals surface area (Å²) in [6, 6.07) is 7.83. The minimum absolute atomic E-state index is 0.0277. The molecule has 1 aliphatic rings. The van der Waals surface area contributed by atoms with Gasteiger partial charge in [0.15, 0.2) is 5.16 Å². The van der Waals surface area contributed by atoms with E-state index in [2.05, 4.69) is 4.98 Å². The fourth-order valence-corrected chi connectivity index (χ4v) is 4.40. The third kappa shape index (κ3) is 4.99. The summed E-state index contributed by atoms with van der Waals surface area (Å²) in [6.45, 7) is 1.15. The molecule has 0 radical (unpaired) electrons. The number of aromatic nitrogens is 2. The molecule has 1 atom stereocenters. The van der Waals surface area contributed by atoms with Crippen LogP contribution >= 0.6 is 11.8 Å². The van der Waals surface area contributed by atoms with Crippen molar-refractivity contribution in [2.75, 3.05) is 26.0 Å². The molecule has 1 aliphatic heterocycles. The standard InChI is InChI=1S/C23H22FN3O4S/c1-30-20(28)14-32-23-25-11-19(15-4-6-18(24)7-5-15)21(26-23)16-3-2-9-27(12-16)22(29)17-8-10-31-13-17/h4-8,10-11,13,16H,2-3,9,12,14H2,1H3.